The Bertz CT molecular complexity index is 334. The molecule has 0 amide bonds. The largest absolute Gasteiger partial charge is 0.228 e. The van der Waals surface area contributed by atoms with Crippen LogP contribution in [0.15, 0.2) is 0 Å². The van der Waals surface area contributed by atoms with Crippen LogP contribution in [0.1, 0.15) is 45.4 Å². The first kappa shape index (κ1) is 10.1. The van der Waals surface area contributed by atoms with E-state index in [0.717, 1.165) is 37.0 Å². The van der Waals surface area contributed by atoms with Crippen molar-refractivity contribution in [3.8, 4) is 0 Å². The van der Waals surface area contributed by atoms with Crippen molar-refractivity contribution in [2.24, 2.45) is 17.8 Å². The summed E-state index contributed by atoms with van der Waals surface area (Å²) < 4.78 is 24.2. The summed E-state index contributed by atoms with van der Waals surface area (Å²) in [5.74, 6) is 2.55. The van der Waals surface area contributed by atoms with Gasteiger partial charge in [0.25, 0.3) is 0 Å². The zero-order chi connectivity index (χ0) is 10.7. The Kier molecular flexibility index (Phi) is 2.02. The fraction of sp³-hybridized carbons (Fsp3) is 1.00. The number of rotatable bonds is 2. The Morgan fingerprint density at radius 3 is 1.73 bits per heavy atom. The molecule has 0 aliphatic heterocycles. The van der Waals surface area contributed by atoms with Crippen LogP contribution in [0.5, 0.6) is 0 Å². The molecule has 4 aliphatic carbocycles. The highest BCUT2D eigenvalue weighted by Crippen LogP contribution is 2.58. The monoisotopic (exact) mass is 228 g/mol. The molecule has 0 saturated heterocycles. The predicted molar refractivity (Wildman–Crippen MR) is 60.4 cm³/mol. The van der Waals surface area contributed by atoms with E-state index >= 15 is 0 Å². The Balaban J connectivity index is 2.00. The molecular formula is C12H20O2S. The Hall–Kier alpha value is -0.0500. The average Bonchev–Trinajstić information content (AvgIpc) is 2.15. The van der Waals surface area contributed by atoms with Crippen molar-refractivity contribution in [3.63, 3.8) is 0 Å². The molecule has 15 heavy (non-hydrogen) atoms. The summed E-state index contributed by atoms with van der Waals surface area (Å²) in [7, 11) is -2.82. The van der Waals surface area contributed by atoms with Crippen LogP contribution in [0.25, 0.3) is 0 Å². The second-order valence-corrected chi connectivity index (χ2v) is 8.68. The third-order valence-corrected chi connectivity index (χ3v) is 7.60. The second-order valence-electron chi connectivity index (χ2n) is 6.00. The minimum atomic E-state index is -2.82. The van der Waals surface area contributed by atoms with Crippen molar-refractivity contribution in [2.75, 3.05) is 5.75 Å². The van der Waals surface area contributed by atoms with E-state index in [1.165, 1.54) is 19.3 Å². The highest BCUT2D eigenvalue weighted by atomic mass is 32.2. The molecule has 0 aromatic carbocycles. The van der Waals surface area contributed by atoms with Gasteiger partial charge in [-0.05, 0) is 56.3 Å². The fourth-order valence-electron chi connectivity index (χ4n) is 4.72. The van der Waals surface area contributed by atoms with Gasteiger partial charge >= 0.3 is 0 Å². The Morgan fingerprint density at radius 2 is 1.40 bits per heavy atom. The topological polar surface area (TPSA) is 34.1 Å². The molecule has 4 saturated carbocycles. The molecule has 0 atom stereocenters. The van der Waals surface area contributed by atoms with Crippen LogP contribution in [0.3, 0.4) is 0 Å². The normalized spacial score (nSPS) is 48.5. The van der Waals surface area contributed by atoms with E-state index in [1.807, 2.05) is 6.92 Å². The molecule has 0 spiro atoms. The molecule has 0 unspecified atom stereocenters. The van der Waals surface area contributed by atoms with E-state index in [9.17, 15) is 8.42 Å². The van der Waals surface area contributed by atoms with Crippen LogP contribution in [0.4, 0.5) is 0 Å². The lowest BCUT2D eigenvalue weighted by molar-refractivity contribution is 0.0339. The van der Waals surface area contributed by atoms with E-state index in [2.05, 4.69) is 0 Å². The van der Waals surface area contributed by atoms with Crippen molar-refractivity contribution in [1.82, 2.24) is 0 Å². The molecule has 0 radical (unpaired) electrons. The smallest absolute Gasteiger partial charge is 0.155 e. The summed E-state index contributed by atoms with van der Waals surface area (Å²) in [4.78, 5) is 0. The second kappa shape index (κ2) is 2.99. The minimum absolute atomic E-state index is 0.281. The maximum absolute atomic E-state index is 12.3. The van der Waals surface area contributed by atoms with Crippen LogP contribution in [0.2, 0.25) is 0 Å². The molecule has 2 nitrogen and oxygen atoms in total. The average molecular weight is 228 g/mol. The molecule has 0 aromatic heterocycles. The summed E-state index contributed by atoms with van der Waals surface area (Å²) in [5.41, 5.74) is 0. The van der Waals surface area contributed by atoms with Gasteiger partial charge in [0, 0.05) is 5.75 Å². The maximum atomic E-state index is 12.3. The Morgan fingerprint density at radius 1 is 1.00 bits per heavy atom. The van der Waals surface area contributed by atoms with Crippen LogP contribution in [0, 0.1) is 17.8 Å². The quantitative estimate of drug-likeness (QED) is 0.727. The maximum Gasteiger partial charge on any atom is 0.155 e. The van der Waals surface area contributed by atoms with Crippen molar-refractivity contribution in [1.29, 1.82) is 0 Å². The van der Waals surface area contributed by atoms with E-state index in [1.54, 1.807) is 0 Å². The summed E-state index contributed by atoms with van der Waals surface area (Å²) in [5, 5.41) is 0. The van der Waals surface area contributed by atoms with Crippen LogP contribution in [-0.2, 0) is 9.84 Å². The first-order valence-electron chi connectivity index (χ1n) is 6.27. The van der Waals surface area contributed by atoms with Crippen molar-refractivity contribution >= 4 is 9.84 Å². The fourth-order valence-corrected chi connectivity index (χ4v) is 6.80. The molecule has 4 aliphatic rings. The summed E-state index contributed by atoms with van der Waals surface area (Å²) in [6, 6.07) is 0. The molecule has 4 bridgehead atoms. The molecule has 86 valence electrons. The van der Waals surface area contributed by atoms with Gasteiger partial charge in [-0.2, -0.15) is 0 Å². The predicted octanol–water partition coefficient (Wildman–Crippen LogP) is 2.39. The summed E-state index contributed by atoms with van der Waals surface area (Å²) in [6.07, 6.45) is 6.90. The van der Waals surface area contributed by atoms with Gasteiger partial charge in [-0.15, -0.1) is 0 Å². The first-order valence-corrected chi connectivity index (χ1v) is 7.92. The van der Waals surface area contributed by atoms with E-state index in [0.29, 0.717) is 5.75 Å². The van der Waals surface area contributed by atoms with Gasteiger partial charge in [-0.25, -0.2) is 8.42 Å². The van der Waals surface area contributed by atoms with Crippen molar-refractivity contribution < 1.29 is 8.42 Å². The number of sulfone groups is 1. The number of hydrogen-bond donors (Lipinski definition) is 0. The highest BCUT2D eigenvalue weighted by Gasteiger charge is 2.56. The van der Waals surface area contributed by atoms with Gasteiger partial charge in [-0.1, -0.05) is 6.92 Å². The lowest BCUT2D eigenvalue weighted by atomic mass is 9.56. The van der Waals surface area contributed by atoms with E-state index in [-0.39, 0.29) is 4.75 Å². The third-order valence-electron chi connectivity index (χ3n) is 5.02. The molecule has 4 fully saturated rings. The zero-order valence-corrected chi connectivity index (χ0v) is 10.2. The third kappa shape index (κ3) is 1.31. The van der Waals surface area contributed by atoms with Crippen molar-refractivity contribution in [2.45, 2.75) is 50.2 Å². The van der Waals surface area contributed by atoms with Gasteiger partial charge in [0.05, 0.1) is 4.75 Å². The van der Waals surface area contributed by atoms with E-state index < -0.39 is 9.84 Å². The van der Waals surface area contributed by atoms with Crippen LogP contribution in [-0.4, -0.2) is 18.9 Å². The Labute approximate surface area is 92.4 Å². The SMILES string of the molecule is CCS(=O)(=O)C12CC3CC(CC(C3)C1)C2. The lowest BCUT2D eigenvalue weighted by Crippen LogP contribution is -2.55. The molecule has 0 N–H and O–H groups in total. The highest BCUT2D eigenvalue weighted by molar-refractivity contribution is 7.92. The lowest BCUT2D eigenvalue weighted by Gasteiger charge is -2.55. The van der Waals surface area contributed by atoms with E-state index in [4.69, 9.17) is 0 Å². The van der Waals surface area contributed by atoms with Crippen LogP contribution >= 0.6 is 0 Å². The molecular weight excluding hydrogens is 208 g/mol. The van der Waals surface area contributed by atoms with Gasteiger partial charge in [-0.3, -0.25) is 0 Å². The van der Waals surface area contributed by atoms with Gasteiger partial charge in [0.2, 0.25) is 0 Å². The first-order chi connectivity index (χ1) is 7.05. The van der Waals surface area contributed by atoms with Crippen molar-refractivity contribution in [3.05, 3.63) is 0 Å². The van der Waals surface area contributed by atoms with Gasteiger partial charge < -0.3 is 0 Å². The molecule has 0 heterocycles. The summed E-state index contributed by atoms with van der Waals surface area (Å²) >= 11 is 0. The zero-order valence-electron chi connectivity index (χ0n) is 9.41. The molecule has 4 rings (SSSR count). The molecule has 0 aromatic rings. The standard InChI is InChI=1S/C12H20O2S/c1-2-15(13,14)12-6-9-3-10(7-12)5-11(4-9)8-12/h9-11H,2-8H2,1H3. The molecule has 3 heteroatoms. The van der Waals surface area contributed by atoms with Gasteiger partial charge in [0.1, 0.15) is 0 Å². The number of hydrogen-bond acceptors (Lipinski definition) is 2. The van der Waals surface area contributed by atoms with Gasteiger partial charge in [0.15, 0.2) is 9.84 Å². The van der Waals surface area contributed by atoms with Crippen LogP contribution < -0.4 is 0 Å². The summed E-state index contributed by atoms with van der Waals surface area (Å²) in [6.45, 7) is 1.81. The minimum Gasteiger partial charge on any atom is -0.228 e.